The van der Waals surface area contributed by atoms with E-state index in [-0.39, 0.29) is 4.90 Å². The van der Waals surface area contributed by atoms with E-state index in [2.05, 4.69) is 13.8 Å². The lowest BCUT2D eigenvalue weighted by atomic mass is 10.0. The molecule has 1 fully saturated rings. The van der Waals surface area contributed by atoms with Gasteiger partial charge in [-0.25, -0.2) is 8.42 Å². The number of sulfonamides is 1. The predicted octanol–water partition coefficient (Wildman–Crippen LogP) is 2.53. The molecule has 0 N–H and O–H groups in total. The van der Waals surface area contributed by atoms with Crippen LogP contribution >= 0.6 is 0 Å². The Kier molecular flexibility index (Phi) is 5.24. The summed E-state index contributed by atoms with van der Waals surface area (Å²) in [6.07, 6.45) is 2.10. The van der Waals surface area contributed by atoms with Gasteiger partial charge in [0.25, 0.3) is 0 Å². The van der Waals surface area contributed by atoms with E-state index in [1.807, 2.05) is 12.1 Å². The summed E-state index contributed by atoms with van der Waals surface area (Å²) in [5.41, 5.74) is 1.09. The van der Waals surface area contributed by atoms with Crippen molar-refractivity contribution in [2.75, 3.05) is 13.7 Å². The SMILES string of the molecule is COC(=O)C1CCCCN1S(=O)(=O)c1ccc(C(C)C)cc1. The highest BCUT2D eigenvalue weighted by atomic mass is 32.2. The minimum Gasteiger partial charge on any atom is -0.468 e. The maximum absolute atomic E-state index is 12.8. The van der Waals surface area contributed by atoms with Crippen LogP contribution in [-0.2, 0) is 19.6 Å². The standard InChI is InChI=1S/C16H23NO4S/c1-12(2)13-7-9-14(10-8-13)22(19,20)17-11-5-4-6-15(17)16(18)21-3/h7-10,12,15H,4-6,11H2,1-3H3. The number of carbonyl (C=O) groups excluding carboxylic acids is 1. The molecule has 1 aliphatic heterocycles. The molecular weight excluding hydrogens is 302 g/mol. The number of carbonyl (C=O) groups is 1. The van der Waals surface area contributed by atoms with Crippen LogP contribution < -0.4 is 0 Å². The number of piperidine rings is 1. The van der Waals surface area contributed by atoms with Crippen molar-refractivity contribution in [3.63, 3.8) is 0 Å². The molecule has 0 saturated carbocycles. The van der Waals surface area contributed by atoms with Crippen LogP contribution in [0.2, 0.25) is 0 Å². The van der Waals surface area contributed by atoms with Crippen molar-refractivity contribution in [1.82, 2.24) is 4.31 Å². The van der Waals surface area contributed by atoms with Crippen LogP contribution in [-0.4, -0.2) is 38.4 Å². The fraction of sp³-hybridized carbons (Fsp3) is 0.562. The largest absolute Gasteiger partial charge is 0.468 e. The predicted molar refractivity (Wildman–Crippen MR) is 84.1 cm³/mol. The minimum atomic E-state index is -3.68. The molecule has 0 spiro atoms. The van der Waals surface area contributed by atoms with Gasteiger partial charge < -0.3 is 4.74 Å². The first-order valence-corrected chi connectivity index (χ1v) is 9.01. The highest BCUT2D eigenvalue weighted by Crippen LogP contribution is 2.27. The smallest absolute Gasteiger partial charge is 0.324 e. The average molecular weight is 325 g/mol. The van der Waals surface area contributed by atoms with Gasteiger partial charge in [0.1, 0.15) is 6.04 Å². The summed E-state index contributed by atoms with van der Waals surface area (Å²) in [6, 6.07) is 6.18. The van der Waals surface area contributed by atoms with Crippen molar-refractivity contribution in [2.24, 2.45) is 0 Å². The highest BCUT2D eigenvalue weighted by molar-refractivity contribution is 7.89. The van der Waals surface area contributed by atoms with Crippen LogP contribution in [0.25, 0.3) is 0 Å². The summed E-state index contributed by atoms with van der Waals surface area (Å²) >= 11 is 0. The number of hydrogen-bond acceptors (Lipinski definition) is 4. The van der Waals surface area contributed by atoms with E-state index in [1.165, 1.54) is 11.4 Å². The fourth-order valence-corrected chi connectivity index (χ4v) is 4.37. The van der Waals surface area contributed by atoms with E-state index in [4.69, 9.17) is 4.74 Å². The van der Waals surface area contributed by atoms with Gasteiger partial charge >= 0.3 is 5.97 Å². The molecule has 122 valence electrons. The fourth-order valence-electron chi connectivity index (χ4n) is 2.72. The maximum Gasteiger partial charge on any atom is 0.324 e. The Morgan fingerprint density at radius 3 is 2.41 bits per heavy atom. The molecule has 0 aliphatic carbocycles. The number of ether oxygens (including phenoxy) is 1. The lowest BCUT2D eigenvalue weighted by Crippen LogP contribution is -2.48. The molecular formula is C16H23NO4S. The first kappa shape index (κ1) is 17.0. The molecule has 0 amide bonds. The molecule has 0 radical (unpaired) electrons. The second-order valence-electron chi connectivity index (χ2n) is 5.87. The zero-order valence-corrected chi connectivity index (χ0v) is 14.1. The zero-order chi connectivity index (χ0) is 16.3. The van der Waals surface area contributed by atoms with Crippen LogP contribution in [0.3, 0.4) is 0 Å². The summed E-state index contributed by atoms with van der Waals surface area (Å²) in [7, 11) is -2.39. The van der Waals surface area contributed by atoms with Crippen molar-refractivity contribution >= 4 is 16.0 Å². The normalized spacial score (nSPS) is 20.1. The Bertz CT molecular complexity index is 622. The maximum atomic E-state index is 12.8. The van der Waals surface area contributed by atoms with E-state index in [9.17, 15) is 13.2 Å². The first-order valence-electron chi connectivity index (χ1n) is 7.57. The van der Waals surface area contributed by atoms with Crippen LogP contribution in [0, 0.1) is 0 Å². The third-order valence-electron chi connectivity index (χ3n) is 4.08. The van der Waals surface area contributed by atoms with Crippen molar-refractivity contribution < 1.29 is 17.9 Å². The van der Waals surface area contributed by atoms with Crippen LogP contribution in [0.15, 0.2) is 29.2 Å². The highest BCUT2D eigenvalue weighted by Gasteiger charge is 2.38. The Morgan fingerprint density at radius 1 is 1.23 bits per heavy atom. The first-order chi connectivity index (χ1) is 10.4. The molecule has 22 heavy (non-hydrogen) atoms. The molecule has 1 unspecified atom stereocenters. The van der Waals surface area contributed by atoms with Crippen LogP contribution in [0.5, 0.6) is 0 Å². The third kappa shape index (κ3) is 3.33. The minimum absolute atomic E-state index is 0.229. The monoisotopic (exact) mass is 325 g/mol. The molecule has 2 rings (SSSR count). The van der Waals surface area contributed by atoms with Crippen molar-refractivity contribution in [2.45, 2.75) is 50.0 Å². The van der Waals surface area contributed by atoms with Gasteiger partial charge in [-0.1, -0.05) is 26.0 Å². The number of rotatable bonds is 4. The van der Waals surface area contributed by atoms with Crippen molar-refractivity contribution in [3.8, 4) is 0 Å². The molecule has 1 atom stereocenters. The molecule has 1 aliphatic rings. The van der Waals surface area contributed by atoms with Gasteiger partial charge in [-0.05, 0) is 42.9 Å². The van der Waals surface area contributed by atoms with Gasteiger partial charge in [0, 0.05) is 6.54 Å². The number of esters is 1. The quantitative estimate of drug-likeness (QED) is 0.798. The number of methoxy groups -OCH3 is 1. The van der Waals surface area contributed by atoms with E-state index in [0.717, 1.165) is 18.4 Å². The third-order valence-corrected chi connectivity index (χ3v) is 6.00. The van der Waals surface area contributed by atoms with Gasteiger partial charge in [0.05, 0.1) is 12.0 Å². The van der Waals surface area contributed by atoms with E-state index in [0.29, 0.717) is 18.9 Å². The molecule has 1 heterocycles. The summed E-state index contributed by atoms with van der Waals surface area (Å²) in [4.78, 5) is 12.1. The number of nitrogens with zero attached hydrogens (tertiary/aromatic N) is 1. The van der Waals surface area contributed by atoms with E-state index >= 15 is 0 Å². The second-order valence-corrected chi connectivity index (χ2v) is 7.76. The van der Waals surface area contributed by atoms with Crippen molar-refractivity contribution in [3.05, 3.63) is 29.8 Å². The van der Waals surface area contributed by atoms with Crippen LogP contribution in [0.4, 0.5) is 0 Å². The van der Waals surface area contributed by atoms with E-state index in [1.54, 1.807) is 12.1 Å². The topological polar surface area (TPSA) is 63.7 Å². The van der Waals surface area contributed by atoms with Gasteiger partial charge in [-0.15, -0.1) is 0 Å². The van der Waals surface area contributed by atoms with Gasteiger partial charge in [0.15, 0.2) is 0 Å². The summed E-state index contributed by atoms with van der Waals surface area (Å²) in [5.74, 6) is -0.142. The van der Waals surface area contributed by atoms with Crippen LogP contribution in [0.1, 0.15) is 44.6 Å². The summed E-state index contributed by atoms with van der Waals surface area (Å²) < 4.78 is 31.7. The molecule has 0 aromatic heterocycles. The Morgan fingerprint density at radius 2 is 1.86 bits per heavy atom. The zero-order valence-electron chi connectivity index (χ0n) is 13.3. The Hall–Kier alpha value is -1.40. The summed E-state index contributed by atoms with van der Waals surface area (Å²) in [5, 5.41) is 0. The van der Waals surface area contributed by atoms with Gasteiger partial charge in [0.2, 0.25) is 10.0 Å². The summed E-state index contributed by atoms with van der Waals surface area (Å²) in [6.45, 7) is 4.47. The Balaban J connectivity index is 2.33. The van der Waals surface area contributed by atoms with Crippen molar-refractivity contribution in [1.29, 1.82) is 0 Å². The number of benzene rings is 1. The molecule has 5 nitrogen and oxygen atoms in total. The molecule has 1 saturated heterocycles. The lowest BCUT2D eigenvalue weighted by molar-refractivity contribution is -0.146. The lowest BCUT2D eigenvalue weighted by Gasteiger charge is -2.32. The molecule has 0 bridgehead atoms. The van der Waals surface area contributed by atoms with Gasteiger partial charge in [-0.3, -0.25) is 4.79 Å². The average Bonchev–Trinajstić information content (AvgIpc) is 2.54. The second kappa shape index (κ2) is 6.79. The molecule has 1 aromatic rings. The van der Waals surface area contributed by atoms with E-state index < -0.39 is 22.0 Å². The molecule has 6 heteroatoms. The Labute approximate surface area is 132 Å². The number of hydrogen-bond donors (Lipinski definition) is 0. The van der Waals surface area contributed by atoms with Gasteiger partial charge in [-0.2, -0.15) is 4.31 Å². The molecule has 1 aromatic carbocycles.